The van der Waals surface area contributed by atoms with Crippen LogP contribution >= 0.6 is 11.8 Å². The summed E-state index contributed by atoms with van der Waals surface area (Å²) in [7, 11) is -7.66. The van der Waals surface area contributed by atoms with E-state index in [1.807, 2.05) is 91.0 Å². The Kier molecular flexibility index (Phi) is 21.7. The van der Waals surface area contributed by atoms with Gasteiger partial charge in [-0.25, -0.2) is 0 Å². The molecule has 0 amide bonds. The summed E-state index contributed by atoms with van der Waals surface area (Å²) >= 11 is 1.62. The van der Waals surface area contributed by atoms with Crippen molar-refractivity contribution in [3.63, 3.8) is 0 Å². The van der Waals surface area contributed by atoms with Crippen LogP contribution in [0.25, 0.3) is 0 Å². The van der Waals surface area contributed by atoms with Gasteiger partial charge in [0.15, 0.2) is 31.2 Å². The summed E-state index contributed by atoms with van der Waals surface area (Å²) in [5, 5.41) is -0.411. The first-order valence-corrected chi connectivity index (χ1v) is 37.7. The molecule has 78 heavy (non-hydrogen) atoms. The first kappa shape index (κ1) is 62.3. The highest BCUT2D eigenvalue weighted by Gasteiger charge is 2.58. The molecule has 426 valence electrons. The summed E-state index contributed by atoms with van der Waals surface area (Å²) in [5.41, 5.74) is 3.65. The van der Waals surface area contributed by atoms with Gasteiger partial charge in [0.1, 0.15) is 54.3 Å². The predicted molar refractivity (Wildman–Crippen MR) is 323 cm³/mol. The third kappa shape index (κ3) is 16.9. The highest BCUT2D eigenvalue weighted by atomic mass is 32.2. The van der Waals surface area contributed by atoms with Gasteiger partial charge in [0.05, 0.1) is 39.6 Å². The third-order valence-electron chi connectivity index (χ3n) is 16.6. The van der Waals surface area contributed by atoms with E-state index in [9.17, 15) is 0 Å². The predicted octanol–water partition coefficient (Wildman–Crippen LogP) is 15.4. The van der Waals surface area contributed by atoms with Crippen LogP contribution in [0.2, 0.25) is 54.4 Å². The lowest BCUT2D eigenvalue weighted by molar-refractivity contribution is -0.311. The Hall–Kier alpha value is -3.30. The molecular weight excluding hydrogens is 1050 g/mol. The molecule has 0 aliphatic carbocycles. The summed E-state index contributed by atoms with van der Waals surface area (Å²) in [6.45, 7) is 36.0. The van der Waals surface area contributed by atoms with E-state index in [4.69, 9.17) is 46.4 Å². The van der Waals surface area contributed by atoms with Gasteiger partial charge in [-0.1, -0.05) is 214 Å². The van der Waals surface area contributed by atoms with E-state index in [-0.39, 0.29) is 28.3 Å². The minimum absolute atomic E-state index is 0.0715. The van der Waals surface area contributed by atoms with Crippen molar-refractivity contribution in [2.75, 3.05) is 13.2 Å². The summed E-state index contributed by atoms with van der Waals surface area (Å²) in [6, 6.07) is 51.4. The van der Waals surface area contributed by atoms with E-state index in [2.05, 4.69) is 162 Å². The monoisotopic (exact) mass is 1140 g/mol. The van der Waals surface area contributed by atoms with Crippen LogP contribution in [0.3, 0.4) is 0 Å². The van der Waals surface area contributed by atoms with Gasteiger partial charge in [-0.2, -0.15) is 0 Å². The second-order valence-corrected chi connectivity index (χ2v) is 41.1. The molecule has 0 spiro atoms. The molecular formula is C64H92O10SSi3. The zero-order valence-corrected chi connectivity index (χ0v) is 53.3. The zero-order chi connectivity index (χ0) is 56.4. The van der Waals surface area contributed by atoms with Crippen molar-refractivity contribution in [2.45, 2.75) is 209 Å². The summed E-state index contributed by atoms with van der Waals surface area (Å²) in [6.07, 6.45) is -5.82. The van der Waals surface area contributed by atoms with E-state index in [0.717, 1.165) is 27.1 Å². The summed E-state index contributed by atoms with van der Waals surface area (Å²) in [4.78, 5) is 1.04. The quantitative estimate of drug-likeness (QED) is 0.0553. The van der Waals surface area contributed by atoms with Crippen LogP contribution in [0.4, 0.5) is 0 Å². The molecule has 10 atom stereocenters. The Labute approximate surface area is 476 Å². The molecule has 2 fully saturated rings. The second kappa shape index (κ2) is 27.2. The number of hydrogen-bond acceptors (Lipinski definition) is 11. The topological polar surface area (TPSA) is 92.3 Å². The zero-order valence-electron chi connectivity index (χ0n) is 49.4. The molecule has 14 heteroatoms. The van der Waals surface area contributed by atoms with Crippen LogP contribution < -0.4 is 0 Å². The first-order chi connectivity index (χ1) is 36.8. The minimum Gasteiger partial charge on any atom is -0.408 e. The van der Waals surface area contributed by atoms with Gasteiger partial charge in [-0.15, -0.1) is 0 Å². The van der Waals surface area contributed by atoms with Crippen LogP contribution in [0.5, 0.6) is 0 Å². The minimum atomic E-state index is -2.60. The highest BCUT2D eigenvalue weighted by Crippen LogP contribution is 2.47. The molecule has 5 aromatic carbocycles. The maximum absolute atomic E-state index is 7.79. The first-order valence-electron chi connectivity index (χ1n) is 28.1. The molecule has 2 aliphatic heterocycles. The van der Waals surface area contributed by atoms with Crippen molar-refractivity contribution >= 4 is 36.7 Å². The Morgan fingerprint density at radius 3 is 1.17 bits per heavy atom. The number of thioether (sulfide) groups is 1. The van der Waals surface area contributed by atoms with Crippen molar-refractivity contribution in [1.29, 1.82) is 0 Å². The van der Waals surface area contributed by atoms with Gasteiger partial charge >= 0.3 is 0 Å². The molecule has 2 heterocycles. The third-order valence-corrected chi connectivity index (χ3v) is 31.1. The standard InChI is InChI=1S/C64H92O10SSi3/c1-62(2,3)76(10,11)72-55-52(45-65-41-47-31-21-16-22-32-47)70-60(58(74-78(14,15)64(7,8)9)57(55)73-77(12,13)63(4,5)6)69-46-53-54(66-42-48-33-23-17-24-34-48)56(67-43-49-35-25-18-26-36-49)59(68-44-50-37-27-19-28-38-50)61(71-53)75-51-39-29-20-30-40-51/h16-40,52-61H,41-46H2,1-15H3/t52-,53-,54-,55-,56+,57+,58+,59-,60+,61+/m1/s1. The van der Waals surface area contributed by atoms with Gasteiger partial charge in [0.2, 0.25) is 0 Å². The number of benzene rings is 5. The van der Waals surface area contributed by atoms with Crippen LogP contribution in [0.1, 0.15) is 84.6 Å². The Morgan fingerprint density at radius 2 is 0.731 bits per heavy atom. The second-order valence-electron chi connectivity index (χ2n) is 25.7. The molecule has 10 nitrogen and oxygen atoms in total. The molecule has 0 unspecified atom stereocenters. The van der Waals surface area contributed by atoms with Crippen molar-refractivity contribution in [3.05, 3.63) is 174 Å². The van der Waals surface area contributed by atoms with Gasteiger partial charge in [0, 0.05) is 4.90 Å². The molecule has 2 saturated heterocycles. The molecule has 7 rings (SSSR count). The summed E-state index contributed by atoms with van der Waals surface area (Å²) in [5.74, 6) is 0. The molecule has 0 aromatic heterocycles. The smallest absolute Gasteiger partial charge is 0.192 e. The number of ether oxygens (including phenoxy) is 7. The fourth-order valence-corrected chi connectivity index (χ4v) is 13.8. The molecule has 0 bridgehead atoms. The van der Waals surface area contributed by atoms with Crippen LogP contribution in [0, 0.1) is 0 Å². The largest absolute Gasteiger partial charge is 0.408 e. The lowest BCUT2D eigenvalue weighted by Gasteiger charge is -2.54. The van der Waals surface area contributed by atoms with Gasteiger partial charge in [0.25, 0.3) is 0 Å². The number of rotatable bonds is 24. The van der Waals surface area contributed by atoms with Crippen molar-refractivity contribution in [1.82, 2.24) is 0 Å². The van der Waals surface area contributed by atoms with Crippen LogP contribution in [0.15, 0.2) is 157 Å². The molecule has 5 aromatic rings. The van der Waals surface area contributed by atoms with Crippen LogP contribution in [-0.4, -0.2) is 98.7 Å². The molecule has 0 saturated carbocycles. The molecule has 2 aliphatic rings. The average Bonchev–Trinajstić information content (AvgIpc) is 3.45. The van der Waals surface area contributed by atoms with Gasteiger partial charge < -0.3 is 46.4 Å². The Balaban J connectivity index is 1.34. The maximum Gasteiger partial charge on any atom is 0.192 e. The highest BCUT2D eigenvalue weighted by molar-refractivity contribution is 7.99. The Bertz CT molecular complexity index is 2520. The van der Waals surface area contributed by atoms with E-state index in [0.29, 0.717) is 26.4 Å². The maximum atomic E-state index is 7.79. The van der Waals surface area contributed by atoms with Crippen molar-refractivity contribution in [2.24, 2.45) is 0 Å². The molecule has 0 radical (unpaired) electrons. The average molecular weight is 1140 g/mol. The van der Waals surface area contributed by atoms with Gasteiger partial charge in [-0.05, 0) is 88.8 Å². The van der Waals surface area contributed by atoms with Crippen molar-refractivity contribution in [3.8, 4) is 0 Å². The van der Waals surface area contributed by atoms with Gasteiger partial charge in [-0.3, -0.25) is 0 Å². The lowest BCUT2D eigenvalue weighted by Crippen LogP contribution is -2.68. The van der Waals surface area contributed by atoms with E-state index >= 15 is 0 Å². The van der Waals surface area contributed by atoms with Crippen LogP contribution in [-0.2, 0) is 72.9 Å². The molecule has 0 N–H and O–H groups in total. The van der Waals surface area contributed by atoms with Crippen molar-refractivity contribution < 1.29 is 46.4 Å². The lowest BCUT2D eigenvalue weighted by atomic mass is 9.98. The van der Waals surface area contributed by atoms with E-state index in [1.165, 1.54) is 0 Å². The fourth-order valence-electron chi connectivity index (χ4n) is 8.76. The Morgan fingerprint density at radius 1 is 0.372 bits per heavy atom. The SMILES string of the molecule is CC(C)(C)[Si](C)(C)O[C@@H]1[C@H](O[Si](C)(C)C(C)(C)C)[C@@H](OC[C@H]2O[C@@H](Sc3ccccc3)[C@H](OCc3ccccc3)[C@@H](OCc3ccccc3)[C@@H]2OCc2ccccc2)O[C@H](COCc2ccccc2)[C@H]1O[Si](C)(C)C(C)(C)C. The van der Waals surface area contributed by atoms with E-state index < -0.39 is 85.5 Å². The van der Waals surface area contributed by atoms with E-state index in [1.54, 1.807) is 11.8 Å². The fraction of sp³-hybridized carbons (Fsp3) is 0.531. The summed E-state index contributed by atoms with van der Waals surface area (Å²) < 4.78 is 73.5. The normalized spacial score (nSPS) is 24.8. The number of hydrogen-bond donors (Lipinski definition) is 0.